The number of anilines is 1. The first kappa shape index (κ1) is 14.2. The van der Waals surface area contributed by atoms with E-state index in [9.17, 15) is 4.79 Å². The van der Waals surface area contributed by atoms with Gasteiger partial charge in [-0.25, -0.2) is 4.79 Å². The fraction of sp³-hybridized carbons (Fsp3) is 0.0714. The molecule has 0 bridgehead atoms. The van der Waals surface area contributed by atoms with Crippen molar-refractivity contribution in [3.63, 3.8) is 0 Å². The minimum atomic E-state index is -0.427. The van der Waals surface area contributed by atoms with Crippen LogP contribution in [0.4, 0.5) is 11.4 Å². The molecule has 1 N–H and O–H groups in total. The van der Waals surface area contributed by atoms with Gasteiger partial charge in [-0.15, -0.1) is 5.11 Å². The van der Waals surface area contributed by atoms with E-state index in [1.54, 1.807) is 24.3 Å². The SMILES string of the molecule is COC(=O)c1ccccc1NN=Nc1ccccc1Br. The number of benzene rings is 2. The summed E-state index contributed by atoms with van der Waals surface area (Å²) >= 11 is 3.38. The Bertz CT molecular complexity index is 644. The monoisotopic (exact) mass is 333 g/mol. The molecular formula is C14H12BrN3O2. The zero-order valence-electron chi connectivity index (χ0n) is 10.7. The second-order valence-corrected chi connectivity index (χ2v) is 4.65. The Morgan fingerprint density at radius 2 is 1.85 bits per heavy atom. The van der Waals surface area contributed by atoms with Crippen molar-refractivity contribution >= 4 is 33.3 Å². The van der Waals surface area contributed by atoms with Gasteiger partial charge < -0.3 is 4.74 Å². The van der Waals surface area contributed by atoms with Crippen LogP contribution >= 0.6 is 15.9 Å². The van der Waals surface area contributed by atoms with Gasteiger partial charge in [0.05, 0.1) is 18.4 Å². The van der Waals surface area contributed by atoms with Gasteiger partial charge in [-0.2, -0.15) is 0 Å². The molecule has 5 nitrogen and oxygen atoms in total. The van der Waals surface area contributed by atoms with Gasteiger partial charge in [0, 0.05) is 4.47 Å². The van der Waals surface area contributed by atoms with Crippen LogP contribution < -0.4 is 5.43 Å². The third-order valence-electron chi connectivity index (χ3n) is 2.51. The molecule has 0 aromatic heterocycles. The van der Waals surface area contributed by atoms with Crippen LogP contribution in [0.2, 0.25) is 0 Å². The zero-order valence-corrected chi connectivity index (χ0v) is 12.3. The van der Waals surface area contributed by atoms with Crippen molar-refractivity contribution in [3.8, 4) is 0 Å². The largest absolute Gasteiger partial charge is 0.465 e. The van der Waals surface area contributed by atoms with Crippen molar-refractivity contribution in [2.45, 2.75) is 0 Å². The zero-order chi connectivity index (χ0) is 14.4. The lowest BCUT2D eigenvalue weighted by Crippen LogP contribution is -2.04. The third-order valence-corrected chi connectivity index (χ3v) is 3.18. The summed E-state index contributed by atoms with van der Waals surface area (Å²) in [6, 6.07) is 14.4. The predicted octanol–water partition coefficient (Wildman–Crippen LogP) is 4.35. The van der Waals surface area contributed by atoms with Gasteiger partial charge in [-0.3, -0.25) is 5.43 Å². The molecule has 0 aliphatic carbocycles. The molecule has 20 heavy (non-hydrogen) atoms. The normalized spacial score (nSPS) is 10.5. The Labute approximate surface area is 124 Å². The molecule has 0 amide bonds. The Morgan fingerprint density at radius 3 is 2.60 bits per heavy atom. The summed E-state index contributed by atoms with van der Waals surface area (Å²) in [5.74, 6) is -0.427. The summed E-state index contributed by atoms with van der Waals surface area (Å²) in [6.45, 7) is 0. The molecule has 0 saturated carbocycles. The first-order valence-electron chi connectivity index (χ1n) is 5.81. The van der Waals surface area contributed by atoms with Gasteiger partial charge in [0.1, 0.15) is 5.69 Å². The van der Waals surface area contributed by atoms with Crippen molar-refractivity contribution in [3.05, 3.63) is 58.6 Å². The second kappa shape index (κ2) is 6.81. The van der Waals surface area contributed by atoms with Crippen molar-refractivity contribution in [2.75, 3.05) is 12.5 Å². The van der Waals surface area contributed by atoms with Crippen LogP contribution in [0.1, 0.15) is 10.4 Å². The summed E-state index contributed by atoms with van der Waals surface area (Å²) in [5, 5.41) is 7.93. The van der Waals surface area contributed by atoms with Gasteiger partial charge >= 0.3 is 5.97 Å². The lowest BCUT2D eigenvalue weighted by molar-refractivity contribution is 0.0602. The lowest BCUT2D eigenvalue weighted by Gasteiger charge is -2.05. The van der Waals surface area contributed by atoms with Gasteiger partial charge in [0.15, 0.2) is 0 Å². The number of halogens is 1. The molecule has 0 atom stereocenters. The van der Waals surface area contributed by atoms with Crippen LogP contribution in [0.25, 0.3) is 0 Å². The molecule has 0 fully saturated rings. The van der Waals surface area contributed by atoms with Crippen LogP contribution in [-0.2, 0) is 4.74 Å². The summed E-state index contributed by atoms with van der Waals surface area (Å²) in [5.41, 5.74) is 4.37. The number of hydrogen-bond donors (Lipinski definition) is 1. The topological polar surface area (TPSA) is 63.0 Å². The van der Waals surface area contributed by atoms with Crippen LogP contribution in [-0.4, -0.2) is 13.1 Å². The molecule has 0 spiro atoms. The molecule has 102 valence electrons. The van der Waals surface area contributed by atoms with E-state index >= 15 is 0 Å². The standard InChI is InChI=1S/C14H12BrN3O2/c1-20-14(19)10-6-2-4-8-12(10)16-18-17-13-9-5-3-7-11(13)15/h2-9H,1H3,(H,16,17). The third kappa shape index (κ3) is 3.42. The number of carbonyl (C=O) groups excluding carboxylic acids is 1. The highest BCUT2D eigenvalue weighted by molar-refractivity contribution is 9.10. The minimum Gasteiger partial charge on any atom is -0.465 e. The molecule has 6 heteroatoms. The van der Waals surface area contributed by atoms with Gasteiger partial charge in [0.2, 0.25) is 0 Å². The quantitative estimate of drug-likeness (QED) is 0.514. The van der Waals surface area contributed by atoms with Crippen LogP contribution in [0, 0.1) is 0 Å². The predicted molar refractivity (Wildman–Crippen MR) is 80.1 cm³/mol. The van der Waals surface area contributed by atoms with Crippen LogP contribution in [0.5, 0.6) is 0 Å². The van der Waals surface area contributed by atoms with Crippen molar-refractivity contribution in [1.82, 2.24) is 0 Å². The number of esters is 1. The molecule has 0 aliphatic rings. The number of para-hydroxylation sites is 1. The molecule has 2 aromatic rings. The number of ether oxygens (including phenoxy) is 1. The maximum Gasteiger partial charge on any atom is 0.340 e. The lowest BCUT2D eigenvalue weighted by atomic mass is 10.2. The van der Waals surface area contributed by atoms with Crippen molar-refractivity contribution in [2.24, 2.45) is 10.3 Å². The second-order valence-electron chi connectivity index (χ2n) is 3.80. The first-order chi connectivity index (χ1) is 9.72. The number of nitrogens with zero attached hydrogens (tertiary/aromatic N) is 2. The number of carbonyl (C=O) groups is 1. The van der Waals surface area contributed by atoms with E-state index in [0.717, 1.165) is 4.47 Å². The van der Waals surface area contributed by atoms with Crippen LogP contribution in [0.15, 0.2) is 63.3 Å². The van der Waals surface area contributed by atoms with Gasteiger partial charge in [-0.1, -0.05) is 29.5 Å². The molecular weight excluding hydrogens is 322 g/mol. The molecule has 0 aliphatic heterocycles. The summed E-state index contributed by atoms with van der Waals surface area (Å²) in [4.78, 5) is 11.6. The van der Waals surface area contributed by atoms with E-state index < -0.39 is 5.97 Å². The number of hydrogen-bond acceptors (Lipinski definition) is 4. The van der Waals surface area contributed by atoms with E-state index in [1.807, 2.05) is 24.3 Å². The highest BCUT2D eigenvalue weighted by Crippen LogP contribution is 2.25. The maximum absolute atomic E-state index is 11.6. The molecule has 0 radical (unpaired) electrons. The van der Waals surface area contributed by atoms with Crippen molar-refractivity contribution in [1.29, 1.82) is 0 Å². The minimum absolute atomic E-state index is 0.404. The van der Waals surface area contributed by atoms with E-state index in [4.69, 9.17) is 4.74 Å². The first-order valence-corrected chi connectivity index (χ1v) is 6.60. The van der Waals surface area contributed by atoms with E-state index in [-0.39, 0.29) is 0 Å². The van der Waals surface area contributed by atoms with Crippen molar-refractivity contribution < 1.29 is 9.53 Å². The molecule has 0 unspecified atom stereocenters. The average molecular weight is 334 g/mol. The van der Waals surface area contributed by atoms with E-state index in [1.165, 1.54) is 7.11 Å². The highest BCUT2D eigenvalue weighted by Gasteiger charge is 2.10. The maximum atomic E-state index is 11.6. The Morgan fingerprint density at radius 1 is 1.15 bits per heavy atom. The van der Waals surface area contributed by atoms with Gasteiger partial charge in [-0.05, 0) is 40.2 Å². The smallest absolute Gasteiger partial charge is 0.340 e. The molecule has 0 saturated heterocycles. The summed E-state index contributed by atoms with van der Waals surface area (Å²) < 4.78 is 5.54. The van der Waals surface area contributed by atoms with Crippen LogP contribution in [0.3, 0.4) is 0 Å². The van der Waals surface area contributed by atoms with E-state index in [2.05, 4.69) is 31.7 Å². The highest BCUT2D eigenvalue weighted by atomic mass is 79.9. The summed E-state index contributed by atoms with van der Waals surface area (Å²) in [6.07, 6.45) is 0. The fourth-order valence-electron chi connectivity index (χ4n) is 1.53. The fourth-order valence-corrected chi connectivity index (χ4v) is 1.90. The number of rotatable bonds is 4. The number of nitrogens with one attached hydrogen (secondary N) is 1. The van der Waals surface area contributed by atoms with Gasteiger partial charge in [0.25, 0.3) is 0 Å². The molecule has 2 rings (SSSR count). The molecule has 0 heterocycles. The summed E-state index contributed by atoms with van der Waals surface area (Å²) in [7, 11) is 1.34. The number of methoxy groups -OCH3 is 1. The Hall–Kier alpha value is -2.21. The van der Waals surface area contributed by atoms with E-state index in [0.29, 0.717) is 16.9 Å². The molecule has 2 aromatic carbocycles. The average Bonchev–Trinajstić information content (AvgIpc) is 2.49. The Kier molecular flexibility index (Phi) is 4.84. The Balaban J connectivity index is 2.16.